The van der Waals surface area contributed by atoms with Crippen LogP contribution in [0.5, 0.6) is 0 Å². The largest absolute Gasteiger partial charge is 0.481 e. The second-order valence-electron chi connectivity index (χ2n) is 5.17. The number of rotatable bonds is 10. The summed E-state index contributed by atoms with van der Waals surface area (Å²) >= 11 is 0. The maximum atomic E-state index is 11.4. The van der Waals surface area contributed by atoms with E-state index < -0.39 is 5.97 Å². The molecule has 5 nitrogen and oxygen atoms in total. The molecule has 0 spiro atoms. The van der Waals surface area contributed by atoms with Gasteiger partial charge < -0.3 is 15.3 Å². The van der Waals surface area contributed by atoms with E-state index in [0.29, 0.717) is 13.0 Å². The molecule has 0 fully saturated rings. The molecule has 0 heterocycles. The molecule has 1 rings (SSSR count). The van der Waals surface area contributed by atoms with E-state index in [-0.39, 0.29) is 18.7 Å². The number of amides is 1. The molecule has 1 aromatic rings. The number of nitrogens with zero attached hydrogens (tertiary/aromatic N) is 1. The Kier molecular flexibility index (Phi) is 8.12. The van der Waals surface area contributed by atoms with Crippen molar-refractivity contribution in [2.75, 3.05) is 20.1 Å². The van der Waals surface area contributed by atoms with Gasteiger partial charge in [0.15, 0.2) is 0 Å². The lowest BCUT2D eigenvalue weighted by Crippen LogP contribution is -2.28. The zero-order valence-corrected chi connectivity index (χ0v) is 12.5. The molecule has 0 aliphatic carbocycles. The highest BCUT2D eigenvalue weighted by molar-refractivity contribution is 5.76. The van der Waals surface area contributed by atoms with E-state index in [4.69, 9.17) is 5.11 Å². The average Bonchev–Trinajstić information content (AvgIpc) is 2.44. The molecule has 0 saturated heterocycles. The van der Waals surface area contributed by atoms with Gasteiger partial charge in [0.1, 0.15) is 0 Å². The van der Waals surface area contributed by atoms with Crippen LogP contribution in [0.2, 0.25) is 0 Å². The highest BCUT2D eigenvalue weighted by atomic mass is 16.4. The summed E-state index contributed by atoms with van der Waals surface area (Å²) in [6, 6.07) is 10.3. The van der Waals surface area contributed by atoms with Gasteiger partial charge in [-0.05, 0) is 32.0 Å². The minimum atomic E-state index is -0.856. The number of hydrogen-bond donors (Lipinski definition) is 2. The van der Waals surface area contributed by atoms with E-state index in [1.807, 2.05) is 18.2 Å². The normalized spacial score (nSPS) is 10.6. The highest BCUT2D eigenvalue weighted by Gasteiger charge is 2.04. The van der Waals surface area contributed by atoms with Gasteiger partial charge in [-0.2, -0.15) is 0 Å². The van der Waals surface area contributed by atoms with Gasteiger partial charge in [0.2, 0.25) is 5.91 Å². The molecule has 21 heavy (non-hydrogen) atoms. The number of carboxylic acid groups (broad SMARTS) is 1. The Bertz CT molecular complexity index is 434. The van der Waals surface area contributed by atoms with Crippen LogP contribution in [0.25, 0.3) is 0 Å². The third kappa shape index (κ3) is 8.81. The van der Waals surface area contributed by atoms with Crippen LogP contribution in [0.15, 0.2) is 30.3 Å². The molecule has 0 unspecified atom stereocenters. The van der Waals surface area contributed by atoms with E-state index in [9.17, 15) is 9.59 Å². The summed E-state index contributed by atoms with van der Waals surface area (Å²) < 4.78 is 0. The lowest BCUT2D eigenvalue weighted by atomic mass is 10.2. The number of carboxylic acids is 1. The Morgan fingerprint density at radius 2 is 1.86 bits per heavy atom. The molecular formula is C16H24N2O3. The topological polar surface area (TPSA) is 69.6 Å². The maximum Gasteiger partial charge on any atom is 0.303 e. The molecule has 1 aromatic carbocycles. The quantitative estimate of drug-likeness (QED) is 0.646. The Balaban J connectivity index is 2.05. The lowest BCUT2D eigenvalue weighted by Gasteiger charge is -2.16. The lowest BCUT2D eigenvalue weighted by molar-refractivity contribution is -0.137. The standard InChI is InChI=1S/C16H24N2O3/c1-18(13-14-7-3-2-4-8-14)12-6-11-17-15(19)9-5-10-16(20)21/h2-4,7-8H,5-6,9-13H2,1H3,(H,17,19)(H,20,21). The second-order valence-corrected chi connectivity index (χ2v) is 5.17. The van der Waals surface area contributed by atoms with E-state index in [2.05, 4.69) is 29.4 Å². The fraction of sp³-hybridized carbons (Fsp3) is 0.500. The molecule has 116 valence electrons. The summed E-state index contributed by atoms with van der Waals surface area (Å²) in [5.41, 5.74) is 1.28. The summed E-state index contributed by atoms with van der Waals surface area (Å²) in [5.74, 6) is -0.924. The fourth-order valence-corrected chi connectivity index (χ4v) is 2.04. The molecule has 1 amide bonds. The Morgan fingerprint density at radius 3 is 2.52 bits per heavy atom. The van der Waals surface area contributed by atoms with Crippen molar-refractivity contribution in [3.63, 3.8) is 0 Å². The highest BCUT2D eigenvalue weighted by Crippen LogP contribution is 2.02. The zero-order chi connectivity index (χ0) is 15.5. The molecule has 0 aromatic heterocycles. The minimum absolute atomic E-state index is 0.0488. The average molecular weight is 292 g/mol. The van der Waals surface area contributed by atoms with Gasteiger partial charge in [0.05, 0.1) is 0 Å². The first-order chi connectivity index (χ1) is 10.1. The van der Waals surface area contributed by atoms with Crippen molar-refractivity contribution < 1.29 is 14.7 Å². The van der Waals surface area contributed by atoms with Gasteiger partial charge >= 0.3 is 5.97 Å². The maximum absolute atomic E-state index is 11.4. The summed E-state index contributed by atoms with van der Waals surface area (Å²) in [6.07, 6.45) is 1.61. The minimum Gasteiger partial charge on any atom is -0.481 e. The van der Waals surface area contributed by atoms with Crippen LogP contribution in [-0.2, 0) is 16.1 Å². The van der Waals surface area contributed by atoms with Crippen molar-refractivity contribution in [1.29, 1.82) is 0 Å². The van der Waals surface area contributed by atoms with Crippen LogP contribution in [0.4, 0.5) is 0 Å². The van der Waals surface area contributed by atoms with Gasteiger partial charge in [0, 0.05) is 25.9 Å². The third-order valence-electron chi connectivity index (χ3n) is 3.13. The molecule has 0 aliphatic rings. The third-order valence-corrected chi connectivity index (χ3v) is 3.13. The van der Waals surface area contributed by atoms with Crippen molar-refractivity contribution in [1.82, 2.24) is 10.2 Å². The van der Waals surface area contributed by atoms with E-state index in [1.54, 1.807) is 0 Å². The van der Waals surface area contributed by atoms with Crippen LogP contribution >= 0.6 is 0 Å². The van der Waals surface area contributed by atoms with Crippen molar-refractivity contribution >= 4 is 11.9 Å². The molecule has 5 heteroatoms. The Labute approximate surface area is 126 Å². The van der Waals surface area contributed by atoms with Gasteiger partial charge in [-0.1, -0.05) is 30.3 Å². The van der Waals surface area contributed by atoms with Gasteiger partial charge in [-0.15, -0.1) is 0 Å². The monoisotopic (exact) mass is 292 g/mol. The summed E-state index contributed by atoms with van der Waals surface area (Å²) in [4.78, 5) is 24.0. The second kappa shape index (κ2) is 9.94. The smallest absolute Gasteiger partial charge is 0.303 e. The van der Waals surface area contributed by atoms with Crippen LogP contribution in [-0.4, -0.2) is 42.0 Å². The number of carbonyl (C=O) groups is 2. The molecule has 0 bridgehead atoms. The Morgan fingerprint density at radius 1 is 1.14 bits per heavy atom. The van der Waals surface area contributed by atoms with Crippen LogP contribution in [0.1, 0.15) is 31.2 Å². The first kappa shape index (κ1) is 17.2. The predicted molar refractivity (Wildman–Crippen MR) is 81.9 cm³/mol. The molecule has 0 aliphatic heterocycles. The Hall–Kier alpha value is -1.88. The van der Waals surface area contributed by atoms with Crippen LogP contribution in [0, 0.1) is 0 Å². The number of aliphatic carboxylic acids is 1. The summed E-state index contributed by atoms with van der Waals surface area (Å²) in [5, 5.41) is 11.3. The van der Waals surface area contributed by atoms with Crippen molar-refractivity contribution in [2.45, 2.75) is 32.2 Å². The molecule has 2 N–H and O–H groups in total. The summed E-state index contributed by atoms with van der Waals surface area (Å²) in [7, 11) is 2.06. The molecule has 0 saturated carbocycles. The van der Waals surface area contributed by atoms with E-state index in [1.165, 1.54) is 5.56 Å². The number of hydrogen-bond acceptors (Lipinski definition) is 3. The first-order valence-electron chi connectivity index (χ1n) is 7.29. The number of nitrogens with one attached hydrogen (secondary N) is 1. The van der Waals surface area contributed by atoms with Gasteiger partial charge in [0.25, 0.3) is 0 Å². The zero-order valence-electron chi connectivity index (χ0n) is 12.5. The van der Waals surface area contributed by atoms with Crippen molar-refractivity contribution in [2.24, 2.45) is 0 Å². The first-order valence-corrected chi connectivity index (χ1v) is 7.29. The fourth-order valence-electron chi connectivity index (χ4n) is 2.04. The number of benzene rings is 1. The number of carbonyl (C=O) groups excluding carboxylic acids is 1. The van der Waals surface area contributed by atoms with Crippen molar-refractivity contribution in [3.05, 3.63) is 35.9 Å². The molecule has 0 atom stereocenters. The van der Waals surface area contributed by atoms with Gasteiger partial charge in [-0.3, -0.25) is 9.59 Å². The molecular weight excluding hydrogens is 268 g/mol. The van der Waals surface area contributed by atoms with Crippen molar-refractivity contribution in [3.8, 4) is 0 Å². The molecule has 0 radical (unpaired) electrons. The summed E-state index contributed by atoms with van der Waals surface area (Å²) in [6.45, 7) is 2.43. The van der Waals surface area contributed by atoms with Crippen LogP contribution in [0.3, 0.4) is 0 Å². The van der Waals surface area contributed by atoms with Gasteiger partial charge in [-0.25, -0.2) is 0 Å². The van der Waals surface area contributed by atoms with Crippen LogP contribution < -0.4 is 5.32 Å². The predicted octanol–water partition coefficient (Wildman–Crippen LogP) is 1.88. The SMILES string of the molecule is CN(CCCNC(=O)CCCC(=O)O)Cc1ccccc1. The van der Waals surface area contributed by atoms with E-state index in [0.717, 1.165) is 19.5 Å². The van der Waals surface area contributed by atoms with E-state index >= 15 is 0 Å².